The van der Waals surface area contributed by atoms with Crippen molar-refractivity contribution in [3.8, 4) is 0 Å². The maximum Gasteiger partial charge on any atom is 0.273 e. The van der Waals surface area contributed by atoms with Gasteiger partial charge in [-0.25, -0.2) is 0 Å². The van der Waals surface area contributed by atoms with Gasteiger partial charge in [-0.3, -0.25) is 4.79 Å². The molecule has 0 amide bonds. The quantitative estimate of drug-likeness (QED) is 0.916. The van der Waals surface area contributed by atoms with Crippen LogP contribution in [0.5, 0.6) is 0 Å². The topological polar surface area (TPSA) is 48.0 Å². The number of halogens is 1. The molecule has 0 aliphatic carbocycles. The molecule has 0 atom stereocenters. The minimum atomic E-state index is -0.150. The van der Waals surface area contributed by atoms with Crippen molar-refractivity contribution >= 4 is 21.6 Å². The van der Waals surface area contributed by atoms with Crippen molar-refractivity contribution in [2.45, 2.75) is 6.54 Å². The normalized spacial score (nSPS) is 10.3. The molecule has 0 unspecified atom stereocenters. The van der Waals surface area contributed by atoms with E-state index in [1.54, 1.807) is 22.9 Å². The number of benzene rings is 1. The first-order valence-corrected chi connectivity index (χ1v) is 5.65. The molecule has 4 heteroatoms. The Morgan fingerprint density at radius 2 is 2.06 bits per heavy atom. The van der Waals surface area contributed by atoms with Crippen molar-refractivity contribution in [3.63, 3.8) is 0 Å². The molecule has 0 aliphatic heterocycles. The van der Waals surface area contributed by atoms with E-state index in [-0.39, 0.29) is 11.2 Å². The van der Waals surface area contributed by atoms with Crippen LogP contribution in [0.25, 0.3) is 0 Å². The largest absolute Gasteiger partial charge is 0.394 e. The maximum absolute atomic E-state index is 11.7. The number of pyridine rings is 1. The lowest BCUT2D eigenvalue weighted by molar-refractivity contribution is 0.762. The molecular weight excluding hydrogens is 268 g/mol. The molecule has 1 aromatic carbocycles. The first-order valence-electron chi connectivity index (χ1n) is 4.86. The van der Waals surface area contributed by atoms with Crippen LogP contribution in [0, 0.1) is 0 Å². The third-order valence-corrected chi connectivity index (χ3v) is 2.78. The molecule has 0 fully saturated rings. The van der Waals surface area contributed by atoms with Gasteiger partial charge >= 0.3 is 0 Å². The molecule has 16 heavy (non-hydrogen) atoms. The van der Waals surface area contributed by atoms with Gasteiger partial charge in [-0.2, -0.15) is 0 Å². The van der Waals surface area contributed by atoms with Crippen molar-refractivity contribution in [1.29, 1.82) is 0 Å². The molecule has 3 nitrogen and oxygen atoms in total. The van der Waals surface area contributed by atoms with Gasteiger partial charge in [-0.15, -0.1) is 0 Å². The second-order valence-corrected chi connectivity index (χ2v) is 4.44. The van der Waals surface area contributed by atoms with Gasteiger partial charge in [-0.1, -0.05) is 28.1 Å². The van der Waals surface area contributed by atoms with Crippen LogP contribution in [0.15, 0.2) is 51.9 Å². The summed E-state index contributed by atoms with van der Waals surface area (Å²) in [6.45, 7) is 0.531. The highest BCUT2D eigenvalue weighted by atomic mass is 79.9. The Morgan fingerprint density at radius 3 is 2.81 bits per heavy atom. The SMILES string of the molecule is Nc1cccn(Cc2cccc(Br)c2)c1=O. The summed E-state index contributed by atoms with van der Waals surface area (Å²) < 4.78 is 2.60. The van der Waals surface area contributed by atoms with Gasteiger partial charge < -0.3 is 10.3 Å². The molecule has 2 aromatic rings. The highest BCUT2D eigenvalue weighted by Crippen LogP contribution is 2.12. The maximum atomic E-state index is 11.7. The van der Waals surface area contributed by atoms with Crippen molar-refractivity contribution in [2.24, 2.45) is 0 Å². The standard InChI is InChI=1S/C12H11BrN2O/c13-10-4-1-3-9(7-10)8-15-6-2-5-11(14)12(15)16/h1-7H,8,14H2. The lowest BCUT2D eigenvalue weighted by atomic mass is 10.2. The zero-order valence-corrected chi connectivity index (χ0v) is 10.1. The van der Waals surface area contributed by atoms with Gasteiger partial charge in [0.05, 0.1) is 12.2 Å². The van der Waals surface area contributed by atoms with Crippen LogP contribution in [0.3, 0.4) is 0 Å². The fourth-order valence-electron chi connectivity index (χ4n) is 1.51. The van der Waals surface area contributed by atoms with Crippen molar-refractivity contribution in [1.82, 2.24) is 4.57 Å². The molecule has 0 radical (unpaired) electrons. The Bertz CT molecular complexity index is 563. The second-order valence-electron chi connectivity index (χ2n) is 3.53. The van der Waals surface area contributed by atoms with E-state index in [1.165, 1.54) is 0 Å². The Labute approximate surface area is 102 Å². The summed E-state index contributed by atoms with van der Waals surface area (Å²) in [5.74, 6) is 0. The third-order valence-electron chi connectivity index (χ3n) is 2.29. The van der Waals surface area contributed by atoms with Crippen molar-refractivity contribution in [2.75, 3.05) is 5.73 Å². The average molecular weight is 279 g/mol. The number of anilines is 1. The summed E-state index contributed by atoms with van der Waals surface area (Å²) in [5.41, 5.74) is 6.74. The molecule has 82 valence electrons. The van der Waals surface area contributed by atoms with Crippen LogP contribution in [0.1, 0.15) is 5.56 Å². The van der Waals surface area contributed by atoms with E-state index in [9.17, 15) is 4.79 Å². The Hall–Kier alpha value is -1.55. The number of hydrogen-bond acceptors (Lipinski definition) is 2. The van der Waals surface area contributed by atoms with Crippen LogP contribution < -0.4 is 11.3 Å². The monoisotopic (exact) mass is 278 g/mol. The van der Waals surface area contributed by atoms with Gasteiger partial charge in [0.25, 0.3) is 5.56 Å². The lowest BCUT2D eigenvalue weighted by Crippen LogP contribution is -2.22. The molecule has 2 rings (SSSR count). The Kier molecular flexibility index (Phi) is 3.10. The molecule has 1 heterocycles. The van der Waals surface area contributed by atoms with Crippen LogP contribution in [-0.2, 0) is 6.54 Å². The van der Waals surface area contributed by atoms with E-state index in [0.29, 0.717) is 6.54 Å². The minimum Gasteiger partial charge on any atom is -0.394 e. The van der Waals surface area contributed by atoms with Gasteiger partial charge in [0.1, 0.15) is 0 Å². The predicted octanol–water partition coefficient (Wildman–Crippen LogP) is 2.24. The van der Waals surface area contributed by atoms with E-state index in [4.69, 9.17) is 5.73 Å². The van der Waals surface area contributed by atoms with E-state index >= 15 is 0 Å². The predicted molar refractivity (Wildman–Crippen MR) is 68.4 cm³/mol. The fourth-order valence-corrected chi connectivity index (χ4v) is 1.96. The van der Waals surface area contributed by atoms with Crippen LogP contribution in [0.4, 0.5) is 5.69 Å². The molecule has 0 saturated heterocycles. The number of nitrogens with zero attached hydrogens (tertiary/aromatic N) is 1. The zero-order chi connectivity index (χ0) is 11.5. The first-order chi connectivity index (χ1) is 7.66. The van der Waals surface area contributed by atoms with Gasteiger partial charge in [0.2, 0.25) is 0 Å². The van der Waals surface area contributed by atoms with Gasteiger partial charge in [0, 0.05) is 10.7 Å². The molecular formula is C12H11BrN2O. The molecule has 0 aliphatic rings. The third kappa shape index (κ3) is 2.33. The Balaban J connectivity index is 2.34. The van der Waals surface area contributed by atoms with Crippen molar-refractivity contribution in [3.05, 3.63) is 63.0 Å². The van der Waals surface area contributed by atoms with E-state index in [0.717, 1.165) is 10.0 Å². The molecule has 0 bridgehead atoms. The number of aromatic nitrogens is 1. The lowest BCUT2D eigenvalue weighted by Gasteiger charge is -2.06. The summed E-state index contributed by atoms with van der Waals surface area (Å²) >= 11 is 3.40. The molecule has 0 spiro atoms. The highest BCUT2D eigenvalue weighted by molar-refractivity contribution is 9.10. The van der Waals surface area contributed by atoms with Crippen molar-refractivity contribution < 1.29 is 0 Å². The summed E-state index contributed by atoms with van der Waals surface area (Å²) in [6.07, 6.45) is 1.74. The van der Waals surface area contributed by atoms with E-state index < -0.39 is 0 Å². The molecule has 0 saturated carbocycles. The van der Waals surface area contributed by atoms with Crippen LogP contribution in [0.2, 0.25) is 0 Å². The second kappa shape index (κ2) is 4.53. The summed E-state index contributed by atoms with van der Waals surface area (Å²) in [7, 11) is 0. The smallest absolute Gasteiger partial charge is 0.273 e. The van der Waals surface area contributed by atoms with Gasteiger partial charge in [-0.05, 0) is 29.8 Å². The van der Waals surface area contributed by atoms with Crippen LogP contribution >= 0.6 is 15.9 Å². The highest BCUT2D eigenvalue weighted by Gasteiger charge is 2.00. The summed E-state index contributed by atoms with van der Waals surface area (Å²) in [6, 6.07) is 11.2. The molecule has 1 aromatic heterocycles. The average Bonchev–Trinajstić information content (AvgIpc) is 2.25. The minimum absolute atomic E-state index is 0.150. The fraction of sp³-hybridized carbons (Fsp3) is 0.0833. The van der Waals surface area contributed by atoms with Crippen LogP contribution in [-0.4, -0.2) is 4.57 Å². The molecule has 2 N–H and O–H groups in total. The van der Waals surface area contributed by atoms with E-state index in [2.05, 4.69) is 15.9 Å². The van der Waals surface area contributed by atoms with Gasteiger partial charge in [0.15, 0.2) is 0 Å². The summed E-state index contributed by atoms with van der Waals surface area (Å²) in [4.78, 5) is 11.7. The summed E-state index contributed by atoms with van der Waals surface area (Å²) in [5, 5.41) is 0. The zero-order valence-electron chi connectivity index (χ0n) is 8.56. The number of hydrogen-bond donors (Lipinski definition) is 1. The Morgan fingerprint density at radius 1 is 1.25 bits per heavy atom. The number of rotatable bonds is 2. The van der Waals surface area contributed by atoms with E-state index in [1.807, 2.05) is 24.3 Å². The number of nitrogens with two attached hydrogens (primary N) is 1. The first kappa shape index (κ1) is 11.0. The number of nitrogen functional groups attached to an aromatic ring is 1.